The number of aromatic nitrogens is 1. The van der Waals surface area contributed by atoms with E-state index < -0.39 is 0 Å². The summed E-state index contributed by atoms with van der Waals surface area (Å²) in [7, 11) is 0. The van der Waals surface area contributed by atoms with Gasteiger partial charge in [-0.3, -0.25) is 4.79 Å². The molecule has 0 spiro atoms. The lowest BCUT2D eigenvalue weighted by Crippen LogP contribution is -2.25. The third kappa shape index (κ3) is 2.92. The van der Waals surface area contributed by atoms with E-state index in [0.29, 0.717) is 28.7 Å². The van der Waals surface area contributed by atoms with Crippen LogP contribution in [0.3, 0.4) is 0 Å². The Morgan fingerprint density at radius 1 is 1.59 bits per heavy atom. The average molecular weight is 251 g/mol. The van der Waals surface area contributed by atoms with Crippen molar-refractivity contribution in [2.24, 2.45) is 5.73 Å². The van der Waals surface area contributed by atoms with Crippen LogP contribution in [0.2, 0.25) is 0 Å². The van der Waals surface area contributed by atoms with E-state index >= 15 is 0 Å². The zero-order valence-corrected chi connectivity index (χ0v) is 10.00. The molecule has 0 bridgehead atoms. The Bertz CT molecular complexity index is 479. The monoisotopic (exact) mass is 251 g/mol. The minimum Gasteiger partial charge on any atom is -0.462 e. The number of hydrogen-bond acceptors (Lipinski definition) is 5. The highest BCUT2D eigenvalue weighted by Crippen LogP contribution is 2.25. The Morgan fingerprint density at radius 3 is 3.18 bits per heavy atom. The number of nitrogens with two attached hydrogens (primary N) is 1. The Balaban J connectivity index is 2.01. The number of nitrogens with one attached hydrogen (secondary N) is 1. The molecule has 0 aromatic carbocycles. The molecule has 6 heteroatoms. The molecule has 0 saturated carbocycles. The van der Waals surface area contributed by atoms with E-state index in [0.717, 1.165) is 6.42 Å². The fourth-order valence-electron chi connectivity index (χ4n) is 1.28. The number of thiazole rings is 1. The van der Waals surface area contributed by atoms with Crippen LogP contribution >= 0.6 is 11.3 Å². The number of amides is 1. The number of hydrogen-bond donors (Lipinski definition) is 2. The molecule has 2 rings (SSSR count). The maximum absolute atomic E-state index is 11.7. The maximum Gasteiger partial charge on any atom is 0.263 e. The first-order chi connectivity index (χ1) is 8.31. The highest BCUT2D eigenvalue weighted by atomic mass is 32.1. The van der Waals surface area contributed by atoms with Gasteiger partial charge in [-0.25, -0.2) is 4.98 Å². The molecule has 0 fully saturated rings. The zero-order chi connectivity index (χ0) is 12.1. The molecule has 17 heavy (non-hydrogen) atoms. The number of rotatable bonds is 5. The molecule has 0 unspecified atom stereocenters. The van der Waals surface area contributed by atoms with Crippen molar-refractivity contribution in [2.45, 2.75) is 6.42 Å². The van der Waals surface area contributed by atoms with Gasteiger partial charge in [0, 0.05) is 6.54 Å². The summed E-state index contributed by atoms with van der Waals surface area (Å²) >= 11 is 1.31. The summed E-state index contributed by atoms with van der Waals surface area (Å²) in [5.41, 5.74) is 5.35. The number of nitrogens with zero attached hydrogens (tertiary/aromatic N) is 1. The SMILES string of the molecule is NCCCNC(=O)c1cnc(-c2ccco2)s1. The fourth-order valence-corrected chi connectivity index (χ4v) is 2.09. The minimum atomic E-state index is -0.117. The van der Waals surface area contributed by atoms with Gasteiger partial charge in [0.25, 0.3) is 5.91 Å². The second-order valence-electron chi connectivity index (χ2n) is 3.41. The number of furan rings is 1. The van der Waals surface area contributed by atoms with Crippen LogP contribution < -0.4 is 11.1 Å². The molecule has 0 saturated heterocycles. The van der Waals surface area contributed by atoms with Crippen molar-refractivity contribution in [1.29, 1.82) is 0 Å². The van der Waals surface area contributed by atoms with Crippen LogP contribution in [0.4, 0.5) is 0 Å². The molecular formula is C11H13N3O2S. The lowest BCUT2D eigenvalue weighted by atomic mass is 10.4. The minimum absolute atomic E-state index is 0.117. The first-order valence-electron chi connectivity index (χ1n) is 5.29. The van der Waals surface area contributed by atoms with Crippen LogP contribution in [0.5, 0.6) is 0 Å². The van der Waals surface area contributed by atoms with Gasteiger partial charge < -0.3 is 15.5 Å². The van der Waals surface area contributed by atoms with Crippen molar-refractivity contribution >= 4 is 17.2 Å². The number of carbonyl (C=O) groups is 1. The maximum atomic E-state index is 11.7. The Kier molecular flexibility index (Phi) is 3.89. The van der Waals surface area contributed by atoms with Crippen LogP contribution in [-0.4, -0.2) is 24.0 Å². The molecule has 0 atom stereocenters. The third-order valence-corrected chi connectivity index (χ3v) is 3.14. The van der Waals surface area contributed by atoms with E-state index in [2.05, 4.69) is 10.3 Å². The van der Waals surface area contributed by atoms with Crippen molar-refractivity contribution in [3.05, 3.63) is 29.5 Å². The van der Waals surface area contributed by atoms with E-state index in [4.69, 9.17) is 10.2 Å². The first-order valence-corrected chi connectivity index (χ1v) is 6.11. The van der Waals surface area contributed by atoms with E-state index in [1.54, 1.807) is 18.5 Å². The number of carbonyl (C=O) groups excluding carboxylic acids is 1. The second kappa shape index (κ2) is 5.60. The van der Waals surface area contributed by atoms with Crippen molar-refractivity contribution in [1.82, 2.24) is 10.3 Å². The molecule has 2 aromatic heterocycles. The summed E-state index contributed by atoms with van der Waals surface area (Å²) in [6, 6.07) is 3.60. The smallest absolute Gasteiger partial charge is 0.263 e. The lowest BCUT2D eigenvalue weighted by molar-refractivity contribution is 0.0957. The van der Waals surface area contributed by atoms with Crippen molar-refractivity contribution < 1.29 is 9.21 Å². The van der Waals surface area contributed by atoms with Gasteiger partial charge >= 0.3 is 0 Å². The van der Waals surface area contributed by atoms with Crippen molar-refractivity contribution in [2.75, 3.05) is 13.1 Å². The molecule has 90 valence electrons. The van der Waals surface area contributed by atoms with Crippen LogP contribution in [0.15, 0.2) is 29.0 Å². The molecule has 2 aromatic rings. The molecule has 0 aliphatic carbocycles. The summed E-state index contributed by atoms with van der Waals surface area (Å²) in [5.74, 6) is 0.560. The standard InChI is InChI=1S/C11H13N3O2S/c12-4-2-5-13-10(15)9-7-14-11(17-9)8-3-1-6-16-8/h1,3,6-7H,2,4-5,12H2,(H,13,15). The predicted molar refractivity (Wildman–Crippen MR) is 65.8 cm³/mol. The fraction of sp³-hybridized carbons (Fsp3) is 0.273. The van der Waals surface area contributed by atoms with E-state index in [1.807, 2.05) is 6.07 Å². The van der Waals surface area contributed by atoms with Gasteiger partial charge in [-0.15, -0.1) is 11.3 Å². The zero-order valence-electron chi connectivity index (χ0n) is 9.18. The van der Waals surface area contributed by atoms with Crippen LogP contribution in [0.1, 0.15) is 16.1 Å². The quantitative estimate of drug-likeness (QED) is 0.789. The van der Waals surface area contributed by atoms with E-state index in [9.17, 15) is 4.79 Å². The molecule has 5 nitrogen and oxygen atoms in total. The Hall–Kier alpha value is -1.66. The van der Waals surface area contributed by atoms with Gasteiger partial charge in [0.1, 0.15) is 4.88 Å². The average Bonchev–Trinajstić information content (AvgIpc) is 3.00. The highest BCUT2D eigenvalue weighted by molar-refractivity contribution is 7.16. The molecule has 1 amide bonds. The van der Waals surface area contributed by atoms with Crippen LogP contribution in [-0.2, 0) is 0 Å². The molecular weight excluding hydrogens is 238 g/mol. The van der Waals surface area contributed by atoms with E-state index in [1.165, 1.54) is 11.3 Å². The summed E-state index contributed by atoms with van der Waals surface area (Å²) in [6.45, 7) is 1.16. The molecule has 0 aliphatic rings. The summed E-state index contributed by atoms with van der Waals surface area (Å²) < 4.78 is 5.21. The molecule has 2 heterocycles. The predicted octanol–water partition coefficient (Wildman–Crippen LogP) is 1.48. The summed E-state index contributed by atoms with van der Waals surface area (Å²) in [6.07, 6.45) is 3.91. The molecule has 0 radical (unpaired) electrons. The van der Waals surface area contributed by atoms with Crippen LogP contribution in [0, 0.1) is 0 Å². The van der Waals surface area contributed by atoms with Gasteiger partial charge in [-0.2, -0.15) is 0 Å². The Labute approximate surface area is 103 Å². The molecule has 3 N–H and O–H groups in total. The topological polar surface area (TPSA) is 81.1 Å². The second-order valence-corrected chi connectivity index (χ2v) is 4.44. The van der Waals surface area contributed by atoms with Gasteiger partial charge in [0.2, 0.25) is 0 Å². The van der Waals surface area contributed by atoms with Crippen molar-refractivity contribution in [3.63, 3.8) is 0 Å². The lowest BCUT2D eigenvalue weighted by Gasteiger charge is -2.00. The largest absolute Gasteiger partial charge is 0.462 e. The Morgan fingerprint density at radius 2 is 2.47 bits per heavy atom. The summed E-state index contributed by atoms with van der Waals surface area (Å²) in [5, 5.41) is 3.49. The normalized spacial score (nSPS) is 10.4. The van der Waals surface area contributed by atoms with Gasteiger partial charge in [0.05, 0.1) is 12.5 Å². The van der Waals surface area contributed by atoms with Crippen LogP contribution in [0.25, 0.3) is 10.8 Å². The molecule has 0 aliphatic heterocycles. The first kappa shape index (κ1) is 11.8. The van der Waals surface area contributed by atoms with Crippen molar-refractivity contribution in [3.8, 4) is 10.8 Å². The van der Waals surface area contributed by atoms with Gasteiger partial charge in [-0.05, 0) is 25.1 Å². The third-order valence-electron chi connectivity index (χ3n) is 2.13. The summed E-state index contributed by atoms with van der Waals surface area (Å²) in [4.78, 5) is 16.4. The highest BCUT2D eigenvalue weighted by Gasteiger charge is 2.12. The van der Waals surface area contributed by atoms with Gasteiger partial charge in [0.15, 0.2) is 10.8 Å². The van der Waals surface area contributed by atoms with Gasteiger partial charge in [-0.1, -0.05) is 0 Å². The van der Waals surface area contributed by atoms with E-state index in [-0.39, 0.29) is 5.91 Å².